The van der Waals surface area contributed by atoms with E-state index in [-0.39, 0.29) is 6.61 Å². The minimum Gasteiger partial charge on any atom is -0.394 e. The van der Waals surface area contributed by atoms with Crippen LogP contribution in [-0.2, 0) is 0 Å². The van der Waals surface area contributed by atoms with Crippen molar-refractivity contribution in [2.45, 2.75) is 11.3 Å². The van der Waals surface area contributed by atoms with Gasteiger partial charge in [0.1, 0.15) is 6.33 Å². The van der Waals surface area contributed by atoms with Crippen LogP contribution < -0.4 is 0 Å². The zero-order valence-corrected chi connectivity index (χ0v) is 9.92. The Hall–Kier alpha value is -1.37. The van der Waals surface area contributed by atoms with Crippen LogP contribution in [0.4, 0.5) is 0 Å². The molecule has 17 heavy (non-hydrogen) atoms. The van der Waals surface area contributed by atoms with Gasteiger partial charge in [0.2, 0.25) is 5.16 Å². The fourth-order valence-corrected chi connectivity index (χ4v) is 1.96. The molecule has 0 aliphatic rings. The van der Waals surface area contributed by atoms with E-state index in [1.165, 1.54) is 11.8 Å². The molecule has 2 rings (SSSR count). The largest absolute Gasteiger partial charge is 0.394 e. The van der Waals surface area contributed by atoms with Gasteiger partial charge in [-0.3, -0.25) is 0 Å². The van der Waals surface area contributed by atoms with Crippen molar-refractivity contribution in [3.63, 3.8) is 0 Å². The molecule has 0 bridgehead atoms. The first-order valence-electron chi connectivity index (χ1n) is 5.18. The van der Waals surface area contributed by atoms with Crippen molar-refractivity contribution in [3.8, 4) is 5.69 Å². The van der Waals surface area contributed by atoms with Crippen LogP contribution in [0.1, 0.15) is 0 Å². The third kappa shape index (κ3) is 3.29. The maximum atomic E-state index is 9.21. The Morgan fingerprint density at radius 3 is 2.76 bits per heavy atom. The van der Waals surface area contributed by atoms with E-state index in [2.05, 4.69) is 10.1 Å². The molecule has 1 aromatic heterocycles. The second-order valence-corrected chi connectivity index (χ2v) is 4.44. The van der Waals surface area contributed by atoms with Crippen molar-refractivity contribution < 1.29 is 10.2 Å². The number of aromatic nitrogens is 3. The summed E-state index contributed by atoms with van der Waals surface area (Å²) in [6.07, 6.45) is 0.895. The Kier molecular flexibility index (Phi) is 4.13. The highest BCUT2D eigenvalue weighted by atomic mass is 32.2. The molecule has 1 aromatic carbocycles. The van der Waals surface area contributed by atoms with Crippen LogP contribution in [0, 0.1) is 0 Å². The van der Waals surface area contributed by atoms with Crippen LogP contribution in [0.5, 0.6) is 0 Å². The molecule has 1 heterocycles. The van der Waals surface area contributed by atoms with Crippen molar-refractivity contribution in [3.05, 3.63) is 36.7 Å². The van der Waals surface area contributed by atoms with Crippen LogP contribution in [0.25, 0.3) is 5.69 Å². The molecule has 6 heteroatoms. The number of nitrogens with zero attached hydrogens (tertiary/aromatic N) is 3. The Balaban J connectivity index is 2.01. The van der Waals surface area contributed by atoms with E-state index in [4.69, 9.17) is 5.11 Å². The summed E-state index contributed by atoms with van der Waals surface area (Å²) in [5, 5.41) is 22.7. The lowest BCUT2D eigenvalue weighted by molar-refractivity contribution is 0.113. The molecule has 90 valence electrons. The molecule has 2 N–H and O–H groups in total. The van der Waals surface area contributed by atoms with Crippen LogP contribution in [0.2, 0.25) is 0 Å². The monoisotopic (exact) mass is 251 g/mol. The van der Waals surface area contributed by atoms with Gasteiger partial charge in [0, 0.05) is 5.75 Å². The standard InChI is InChI=1S/C11H13N3O2S/c15-6-10(16)7-17-11-12-8-14(13-11)9-4-2-1-3-5-9/h1-5,8,10,15-16H,6-7H2. The summed E-state index contributed by atoms with van der Waals surface area (Å²) in [4.78, 5) is 4.12. The Labute approximate surface area is 103 Å². The van der Waals surface area contributed by atoms with Gasteiger partial charge in [-0.2, -0.15) is 0 Å². The van der Waals surface area contributed by atoms with Gasteiger partial charge in [0.25, 0.3) is 0 Å². The quantitative estimate of drug-likeness (QED) is 0.766. The molecule has 1 atom stereocenters. The Morgan fingerprint density at radius 1 is 1.29 bits per heavy atom. The second kappa shape index (κ2) is 5.81. The van der Waals surface area contributed by atoms with Gasteiger partial charge in [-0.15, -0.1) is 5.10 Å². The van der Waals surface area contributed by atoms with Gasteiger partial charge in [0.05, 0.1) is 18.4 Å². The van der Waals surface area contributed by atoms with E-state index >= 15 is 0 Å². The Bertz CT molecular complexity index is 461. The fourth-order valence-electron chi connectivity index (χ4n) is 1.24. The van der Waals surface area contributed by atoms with Crippen LogP contribution >= 0.6 is 11.8 Å². The van der Waals surface area contributed by atoms with Gasteiger partial charge in [0.15, 0.2) is 0 Å². The number of hydrogen-bond donors (Lipinski definition) is 2. The summed E-state index contributed by atoms with van der Waals surface area (Å²) in [7, 11) is 0. The van der Waals surface area contributed by atoms with Crippen molar-refractivity contribution in [1.82, 2.24) is 14.8 Å². The molecule has 1 unspecified atom stereocenters. The SMILES string of the molecule is OCC(O)CSc1ncn(-c2ccccc2)n1. The van der Waals surface area contributed by atoms with Gasteiger partial charge in [-0.25, -0.2) is 9.67 Å². The summed E-state index contributed by atoms with van der Waals surface area (Å²) in [6.45, 7) is -0.244. The van der Waals surface area contributed by atoms with Crippen molar-refractivity contribution in [2.24, 2.45) is 0 Å². The summed E-state index contributed by atoms with van der Waals surface area (Å²) >= 11 is 1.32. The number of para-hydroxylation sites is 1. The third-order valence-electron chi connectivity index (χ3n) is 2.11. The number of aliphatic hydroxyl groups excluding tert-OH is 2. The molecular formula is C11H13N3O2S. The number of thioether (sulfide) groups is 1. The average molecular weight is 251 g/mol. The molecule has 0 saturated heterocycles. The van der Waals surface area contributed by atoms with Crippen LogP contribution in [0.15, 0.2) is 41.8 Å². The van der Waals surface area contributed by atoms with E-state index in [1.54, 1.807) is 11.0 Å². The molecule has 0 radical (unpaired) electrons. The van der Waals surface area contributed by atoms with Gasteiger partial charge >= 0.3 is 0 Å². The van der Waals surface area contributed by atoms with Gasteiger partial charge in [-0.1, -0.05) is 30.0 Å². The molecule has 0 aliphatic carbocycles. The van der Waals surface area contributed by atoms with Gasteiger partial charge in [-0.05, 0) is 12.1 Å². The lowest BCUT2D eigenvalue weighted by Crippen LogP contribution is -2.14. The zero-order chi connectivity index (χ0) is 12.1. The highest BCUT2D eigenvalue weighted by molar-refractivity contribution is 7.99. The van der Waals surface area contributed by atoms with E-state index in [0.29, 0.717) is 10.9 Å². The maximum Gasteiger partial charge on any atom is 0.208 e. The van der Waals surface area contributed by atoms with Crippen LogP contribution in [0.3, 0.4) is 0 Å². The van der Waals surface area contributed by atoms with Crippen molar-refractivity contribution >= 4 is 11.8 Å². The lowest BCUT2D eigenvalue weighted by atomic mass is 10.3. The third-order valence-corrected chi connectivity index (χ3v) is 3.10. The average Bonchev–Trinajstić information content (AvgIpc) is 2.86. The number of hydrogen-bond acceptors (Lipinski definition) is 5. The van der Waals surface area contributed by atoms with E-state index < -0.39 is 6.10 Å². The summed E-state index contributed by atoms with van der Waals surface area (Å²) in [5.74, 6) is 0.384. The molecule has 0 saturated carbocycles. The fraction of sp³-hybridized carbons (Fsp3) is 0.273. The molecule has 0 fully saturated rings. The maximum absolute atomic E-state index is 9.21. The summed E-state index contributed by atoms with van der Waals surface area (Å²) in [5.41, 5.74) is 0.939. The minimum absolute atomic E-state index is 0.244. The molecule has 5 nitrogen and oxygen atoms in total. The van der Waals surface area contributed by atoms with Crippen LogP contribution in [-0.4, -0.2) is 43.4 Å². The zero-order valence-electron chi connectivity index (χ0n) is 9.10. The highest BCUT2D eigenvalue weighted by Gasteiger charge is 2.07. The number of aliphatic hydroxyl groups is 2. The summed E-state index contributed by atoms with van der Waals surface area (Å²) < 4.78 is 1.67. The first-order valence-corrected chi connectivity index (χ1v) is 6.17. The van der Waals surface area contributed by atoms with E-state index in [9.17, 15) is 5.11 Å². The molecule has 0 spiro atoms. The first-order chi connectivity index (χ1) is 8.29. The van der Waals surface area contributed by atoms with Crippen molar-refractivity contribution in [1.29, 1.82) is 0 Å². The highest BCUT2D eigenvalue weighted by Crippen LogP contribution is 2.14. The molecular weight excluding hydrogens is 238 g/mol. The number of benzene rings is 1. The Morgan fingerprint density at radius 2 is 2.06 bits per heavy atom. The van der Waals surface area contributed by atoms with Gasteiger partial charge < -0.3 is 10.2 Å². The van der Waals surface area contributed by atoms with E-state index in [1.807, 2.05) is 30.3 Å². The predicted octanol–water partition coefficient (Wildman–Crippen LogP) is 0.713. The minimum atomic E-state index is -0.733. The molecule has 0 aliphatic heterocycles. The topological polar surface area (TPSA) is 71.2 Å². The molecule has 0 amide bonds. The summed E-state index contributed by atoms with van der Waals surface area (Å²) in [6, 6.07) is 9.67. The lowest BCUT2D eigenvalue weighted by Gasteiger charge is -2.03. The smallest absolute Gasteiger partial charge is 0.208 e. The first kappa shape index (κ1) is 12.1. The van der Waals surface area contributed by atoms with Crippen molar-refractivity contribution in [2.75, 3.05) is 12.4 Å². The molecule has 2 aromatic rings. The number of rotatable bonds is 5. The van der Waals surface area contributed by atoms with E-state index in [0.717, 1.165) is 5.69 Å². The second-order valence-electron chi connectivity index (χ2n) is 3.45. The predicted molar refractivity (Wildman–Crippen MR) is 65.2 cm³/mol. The normalized spacial score (nSPS) is 12.6.